The third-order valence-electron chi connectivity index (χ3n) is 3.68. The summed E-state index contributed by atoms with van der Waals surface area (Å²) in [5.41, 5.74) is 5.03. The summed E-state index contributed by atoms with van der Waals surface area (Å²) in [6.07, 6.45) is 4.93. The molecular weight excluding hydrogens is 228 g/mol. The van der Waals surface area contributed by atoms with Crippen LogP contribution >= 0.6 is 0 Å². The molecule has 4 nitrogen and oxygen atoms in total. The van der Waals surface area contributed by atoms with Gasteiger partial charge in [0.2, 0.25) is 0 Å². The molecule has 0 heterocycles. The fraction of sp³-hybridized carbons (Fsp3) is 0.929. The third-order valence-corrected chi connectivity index (χ3v) is 3.68. The van der Waals surface area contributed by atoms with Crippen LogP contribution in [0.4, 0.5) is 4.79 Å². The summed E-state index contributed by atoms with van der Waals surface area (Å²) in [5.74, 6) is 0. The maximum absolute atomic E-state index is 12.0. The molecule has 0 atom stereocenters. The van der Waals surface area contributed by atoms with Crippen molar-refractivity contribution in [2.24, 2.45) is 5.73 Å². The lowest BCUT2D eigenvalue weighted by molar-refractivity contribution is 0.0341. The third kappa shape index (κ3) is 3.87. The second-order valence-corrected chi connectivity index (χ2v) is 6.99. The largest absolute Gasteiger partial charge is 0.444 e. The highest BCUT2D eigenvalue weighted by Crippen LogP contribution is 2.35. The van der Waals surface area contributed by atoms with E-state index in [1.54, 1.807) is 0 Å². The molecule has 1 fully saturated rings. The molecule has 0 aromatic heterocycles. The van der Waals surface area contributed by atoms with Gasteiger partial charge in [0, 0.05) is 5.54 Å². The fourth-order valence-corrected chi connectivity index (χ4v) is 2.58. The zero-order chi connectivity index (χ0) is 14.0. The first kappa shape index (κ1) is 15.3. The Bertz CT molecular complexity index is 294. The summed E-state index contributed by atoms with van der Waals surface area (Å²) in [6.45, 7) is 9.57. The van der Waals surface area contributed by atoms with E-state index in [2.05, 4.69) is 5.32 Å². The van der Waals surface area contributed by atoms with Crippen molar-refractivity contribution in [3.05, 3.63) is 0 Å². The van der Waals surface area contributed by atoms with Crippen molar-refractivity contribution in [3.8, 4) is 0 Å². The molecule has 1 aliphatic rings. The van der Waals surface area contributed by atoms with E-state index in [0.29, 0.717) is 0 Å². The van der Waals surface area contributed by atoms with Crippen molar-refractivity contribution in [3.63, 3.8) is 0 Å². The summed E-state index contributed by atoms with van der Waals surface area (Å²) >= 11 is 0. The number of carbonyl (C=O) groups excluding carboxylic acids is 1. The Morgan fingerprint density at radius 2 is 1.61 bits per heavy atom. The van der Waals surface area contributed by atoms with E-state index in [1.165, 1.54) is 6.42 Å². The number of amides is 1. The Hall–Kier alpha value is -0.770. The molecule has 0 radical (unpaired) electrons. The van der Waals surface area contributed by atoms with Crippen molar-refractivity contribution in [1.82, 2.24) is 5.32 Å². The van der Waals surface area contributed by atoms with Crippen LogP contribution in [0.25, 0.3) is 0 Å². The predicted octanol–water partition coefficient (Wildman–Crippen LogP) is 2.95. The molecule has 1 rings (SSSR count). The molecule has 1 saturated carbocycles. The highest BCUT2D eigenvalue weighted by Gasteiger charge is 2.45. The molecule has 1 amide bonds. The van der Waals surface area contributed by atoms with Crippen LogP contribution in [0.5, 0.6) is 0 Å². The normalized spacial score (nSPS) is 20.3. The van der Waals surface area contributed by atoms with Crippen LogP contribution in [0, 0.1) is 0 Å². The van der Waals surface area contributed by atoms with Crippen molar-refractivity contribution in [2.45, 2.75) is 83.4 Å². The van der Waals surface area contributed by atoms with Crippen molar-refractivity contribution in [1.29, 1.82) is 0 Å². The second kappa shape index (κ2) is 5.08. The molecule has 0 unspecified atom stereocenters. The van der Waals surface area contributed by atoms with Gasteiger partial charge in [-0.3, -0.25) is 0 Å². The first-order chi connectivity index (χ1) is 8.06. The zero-order valence-electron chi connectivity index (χ0n) is 12.4. The Morgan fingerprint density at radius 3 is 2.00 bits per heavy atom. The fourth-order valence-electron chi connectivity index (χ4n) is 2.58. The number of nitrogens with two attached hydrogens (primary N) is 1. The molecule has 18 heavy (non-hydrogen) atoms. The van der Waals surface area contributed by atoms with Gasteiger partial charge in [-0.05, 0) is 47.5 Å². The highest BCUT2D eigenvalue weighted by molar-refractivity contribution is 5.69. The number of rotatable bonds is 2. The molecular formula is C14H28N2O2. The lowest BCUT2D eigenvalue weighted by atomic mass is 9.70. The van der Waals surface area contributed by atoms with Gasteiger partial charge in [0.1, 0.15) is 5.60 Å². The van der Waals surface area contributed by atoms with Crippen LogP contribution in [0.15, 0.2) is 0 Å². The van der Waals surface area contributed by atoms with Crippen molar-refractivity contribution >= 4 is 6.09 Å². The van der Waals surface area contributed by atoms with Gasteiger partial charge in [0.25, 0.3) is 0 Å². The summed E-state index contributed by atoms with van der Waals surface area (Å²) in [7, 11) is 0. The minimum Gasteiger partial charge on any atom is -0.444 e. The van der Waals surface area contributed by atoms with Crippen LogP contribution in [-0.2, 0) is 4.74 Å². The molecule has 0 aromatic rings. The average molecular weight is 256 g/mol. The van der Waals surface area contributed by atoms with Gasteiger partial charge in [0.05, 0.1) is 5.54 Å². The Balaban J connectivity index is 2.77. The van der Waals surface area contributed by atoms with Gasteiger partial charge < -0.3 is 15.8 Å². The molecule has 0 bridgehead atoms. The molecule has 4 heteroatoms. The number of hydrogen-bond donors (Lipinski definition) is 2. The summed E-state index contributed by atoms with van der Waals surface area (Å²) < 4.78 is 5.36. The van der Waals surface area contributed by atoms with Crippen LogP contribution in [0.1, 0.15) is 66.7 Å². The molecule has 0 spiro atoms. The van der Waals surface area contributed by atoms with E-state index in [4.69, 9.17) is 10.5 Å². The highest BCUT2D eigenvalue weighted by atomic mass is 16.6. The molecule has 1 aliphatic carbocycles. The number of ether oxygens (including phenoxy) is 1. The summed E-state index contributed by atoms with van der Waals surface area (Å²) in [6, 6.07) is 0. The number of hydrogen-bond acceptors (Lipinski definition) is 3. The van der Waals surface area contributed by atoms with Gasteiger partial charge in [0.15, 0.2) is 0 Å². The number of carbonyl (C=O) groups is 1. The van der Waals surface area contributed by atoms with Crippen LogP contribution in [0.2, 0.25) is 0 Å². The van der Waals surface area contributed by atoms with E-state index in [0.717, 1.165) is 25.7 Å². The van der Waals surface area contributed by atoms with E-state index in [9.17, 15) is 4.79 Å². The van der Waals surface area contributed by atoms with E-state index >= 15 is 0 Å². The SMILES string of the molecule is CC(C)(C)OC(=O)NC1(C(C)(C)N)CCCCC1. The summed E-state index contributed by atoms with van der Waals surface area (Å²) in [4.78, 5) is 12.0. The Kier molecular flexibility index (Phi) is 4.31. The summed E-state index contributed by atoms with van der Waals surface area (Å²) in [5, 5.41) is 3.04. The number of alkyl carbamates (subject to hydrolysis) is 1. The standard InChI is InChI=1S/C14H28N2O2/c1-12(2,3)18-11(17)16-14(13(4,5)15)9-7-6-8-10-14/h6-10,15H2,1-5H3,(H,16,17). The van der Waals surface area contributed by atoms with Crippen molar-refractivity contribution < 1.29 is 9.53 Å². The van der Waals surface area contributed by atoms with Crippen LogP contribution in [-0.4, -0.2) is 22.8 Å². The van der Waals surface area contributed by atoms with Gasteiger partial charge in [-0.2, -0.15) is 0 Å². The second-order valence-electron chi connectivity index (χ2n) is 6.99. The Labute approximate surface area is 111 Å². The topological polar surface area (TPSA) is 64.3 Å². The van der Waals surface area contributed by atoms with Gasteiger partial charge >= 0.3 is 6.09 Å². The first-order valence-corrected chi connectivity index (χ1v) is 6.86. The number of nitrogens with one attached hydrogen (secondary N) is 1. The minimum absolute atomic E-state index is 0.340. The van der Waals surface area contributed by atoms with Crippen LogP contribution in [0.3, 0.4) is 0 Å². The quantitative estimate of drug-likeness (QED) is 0.798. The lowest BCUT2D eigenvalue weighted by Crippen LogP contribution is -2.67. The van der Waals surface area contributed by atoms with E-state index in [-0.39, 0.29) is 11.6 Å². The molecule has 0 aliphatic heterocycles. The maximum atomic E-state index is 12.0. The van der Waals surface area contributed by atoms with Gasteiger partial charge in [-0.1, -0.05) is 19.3 Å². The van der Waals surface area contributed by atoms with Crippen LogP contribution < -0.4 is 11.1 Å². The lowest BCUT2D eigenvalue weighted by Gasteiger charge is -2.47. The first-order valence-electron chi connectivity index (χ1n) is 6.86. The monoisotopic (exact) mass is 256 g/mol. The maximum Gasteiger partial charge on any atom is 0.408 e. The smallest absolute Gasteiger partial charge is 0.408 e. The van der Waals surface area contributed by atoms with Gasteiger partial charge in [-0.15, -0.1) is 0 Å². The molecule has 0 saturated heterocycles. The average Bonchev–Trinajstić information content (AvgIpc) is 2.13. The predicted molar refractivity (Wildman–Crippen MR) is 73.5 cm³/mol. The van der Waals surface area contributed by atoms with Gasteiger partial charge in [-0.25, -0.2) is 4.79 Å². The minimum atomic E-state index is -0.474. The van der Waals surface area contributed by atoms with E-state index < -0.39 is 11.1 Å². The molecule has 0 aromatic carbocycles. The molecule has 106 valence electrons. The van der Waals surface area contributed by atoms with E-state index in [1.807, 2.05) is 34.6 Å². The Morgan fingerprint density at radius 1 is 1.11 bits per heavy atom. The zero-order valence-corrected chi connectivity index (χ0v) is 12.4. The van der Waals surface area contributed by atoms with Crippen molar-refractivity contribution in [2.75, 3.05) is 0 Å². The molecule has 3 N–H and O–H groups in total.